The summed E-state index contributed by atoms with van der Waals surface area (Å²) in [5.74, 6) is -1.55. The van der Waals surface area contributed by atoms with E-state index in [1.54, 1.807) is 6.07 Å². The molecular weight excluding hydrogens is 260 g/mol. The van der Waals surface area contributed by atoms with Crippen LogP contribution in [0.1, 0.15) is 18.9 Å². The van der Waals surface area contributed by atoms with E-state index < -0.39 is 11.6 Å². The quantitative estimate of drug-likeness (QED) is 0.847. The van der Waals surface area contributed by atoms with Gasteiger partial charge < -0.3 is 0 Å². The molecule has 1 aromatic rings. The van der Waals surface area contributed by atoms with Crippen molar-refractivity contribution in [1.82, 2.24) is 9.80 Å². The average molecular weight is 279 g/mol. The van der Waals surface area contributed by atoms with Crippen molar-refractivity contribution >= 4 is 0 Å². The Hall–Kier alpha value is -1.51. The normalized spacial score (nSPS) is 18.7. The molecule has 1 fully saturated rings. The summed E-state index contributed by atoms with van der Waals surface area (Å²) >= 11 is 0. The minimum atomic E-state index is -0.795. The zero-order valence-electron chi connectivity index (χ0n) is 11.6. The fraction of sp³-hybridized carbons (Fsp3) is 0.533. The van der Waals surface area contributed by atoms with E-state index in [0.717, 1.165) is 38.7 Å². The third-order valence-corrected chi connectivity index (χ3v) is 3.81. The van der Waals surface area contributed by atoms with Crippen LogP contribution in [0.5, 0.6) is 0 Å². The van der Waals surface area contributed by atoms with Crippen LogP contribution >= 0.6 is 0 Å². The first-order chi connectivity index (χ1) is 9.65. The fourth-order valence-electron chi connectivity index (χ4n) is 2.58. The van der Waals surface area contributed by atoms with E-state index in [1.165, 1.54) is 6.07 Å². The zero-order chi connectivity index (χ0) is 14.5. The first kappa shape index (κ1) is 14.9. The molecular formula is C15H19F2N3. The van der Waals surface area contributed by atoms with Gasteiger partial charge in [-0.15, -0.1) is 0 Å². The van der Waals surface area contributed by atoms with Gasteiger partial charge in [0.15, 0.2) is 11.6 Å². The molecule has 0 N–H and O–H groups in total. The van der Waals surface area contributed by atoms with Crippen molar-refractivity contribution in [3.05, 3.63) is 35.4 Å². The van der Waals surface area contributed by atoms with Crippen LogP contribution in [-0.4, -0.2) is 42.0 Å². The molecule has 1 atom stereocenters. The second-order valence-corrected chi connectivity index (χ2v) is 5.08. The lowest BCUT2D eigenvalue weighted by Gasteiger charge is -2.36. The highest BCUT2D eigenvalue weighted by molar-refractivity contribution is 5.18. The van der Waals surface area contributed by atoms with Gasteiger partial charge in [0.1, 0.15) is 0 Å². The van der Waals surface area contributed by atoms with Gasteiger partial charge in [0, 0.05) is 38.3 Å². The van der Waals surface area contributed by atoms with Crippen molar-refractivity contribution in [1.29, 1.82) is 5.26 Å². The summed E-state index contributed by atoms with van der Waals surface area (Å²) in [7, 11) is 0. The maximum Gasteiger partial charge on any atom is 0.163 e. The molecule has 3 nitrogen and oxygen atoms in total. The second-order valence-electron chi connectivity index (χ2n) is 5.08. The summed E-state index contributed by atoms with van der Waals surface area (Å²) in [4.78, 5) is 4.25. The molecule has 0 saturated carbocycles. The second kappa shape index (κ2) is 6.78. The molecule has 0 aromatic heterocycles. The van der Waals surface area contributed by atoms with Crippen molar-refractivity contribution in [3.63, 3.8) is 0 Å². The fourth-order valence-corrected chi connectivity index (χ4v) is 2.58. The summed E-state index contributed by atoms with van der Waals surface area (Å²) in [5, 5.41) is 9.05. The van der Waals surface area contributed by atoms with Gasteiger partial charge in [0.25, 0.3) is 0 Å². The van der Waals surface area contributed by atoms with Gasteiger partial charge in [-0.25, -0.2) is 8.78 Å². The van der Waals surface area contributed by atoms with Crippen molar-refractivity contribution in [2.24, 2.45) is 0 Å². The predicted octanol–water partition coefficient (Wildman–Crippen LogP) is 2.38. The molecule has 1 aliphatic heterocycles. The van der Waals surface area contributed by atoms with Gasteiger partial charge in [0.2, 0.25) is 0 Å². The van der Waals surface area contributed by atoms with Gasteiger partial charge in [0.05, 0.1) is 12.1 Å². The van der Waals surface area contributed by atoms with Crippen LogP contribution in [0.2, 0.25) is 0 Å². The highest BCUT2D eigenvalue weighted by atomic mass is 19.2. The van der Waals surface area contributed by atoms with Gasteiger partial charge >= 0.3 is 0 Å². The maximum atomic E-state index is 13.6. The Bertz CT molecular complexity index is 490. The Balaban J connectivity index is 1.92. The molecule has 5 heteroatoms. The lowest BCUT2D eigenvalue weighted by Crippen LogP contribution is -2.49. The van der Waals surface area contributed by atoms with Crippen LogP contribution in [0.4, 0.5) is 8.78 Å². The Labute approximate surface area is 118 Å². The van der Waals surface area contributed by atoms with Crippen molar-refractivity contribution in [2.75, 3.05) is 26.2 Å². The van der Waals surface area contributed by atoms with Crippen LogP contribution < -0.4 is 0 Å². The standard InChI is InChI=1S/C15H19F2N3/c1-2-13(10-18)20-8-6-19(7-9-20)11-12-4-3-5-14(16)15(12)17/h3-5,13H,2,6-9,11H2,1H3. The number of hydrogen-bond donors (Lipinski definition) is 0. The third kappa shape index (κ3) is 3.33. The smallest absolute Gasteiger partial charge is 0.163 e. The van der Waals surface area contributed by atoms with E-state index in [-0.39, 0.29) is 6.04 Å². The van der Waals surface area contributed by atoms with Crippen LogP contribution in [0.3, 0.4) is 0 Å². The number of rotatable bonds is 4. The summed E-state index contributed by atoms with van der Waals surface area (Å²) in [6.07, 6.45) is 0.815. The van der Waals surface area contributed by atoms with Crippen molar-refractivity contribution in [3.8, 4) is 6.07 Å². The molecule has 0 aliphatic carbocycles. The van der Waals surface area contributed by atoms with Crippen LogP contribution in [-0.2, 0) is 6.54 Å². The molecule has 108 valence electrons. The van der Waals surface area contributed by atoms with Crippen molar-refractivity contribution in [2.45, 2.75) is 25.9 Å². The molecule has 0 amide bonds. The van der Waals surface area contributed by atoms with Crippen LogP contribution in [0.25, 0.3) is 0 Å². The first-order valence-corrected chi connectivity index (χ1v) is 6.94. The molecule has 2 rings (SSSR count). The number of nitrogens with zero attached hydrogens (tertiary/aromatic N) is 3. The number of nitriles is 1. The Morgan fingerprint density at radius 3 is 2.55 bits per heavy atom. The van der Waals surface area contributed by atoms with E-state index in [9.17, 15) is 8.78 Å². The summed E-state index contributed by atoms with van der Waals surface area (Å²) < 4.78 is 26.8. The van der Waals surface area contributed by atoms with E-state index in [2.05, 4.69) is 15.9 Å². The maximum absolute atomic E-state index is 13.6. The average Bonchev–Trinajstić information content (AvgIpc) is 2.47. The molecule has 1 heterocycles. The molecule has 1 aromatic carbocycles. The molecule has 1 saturated heterocycles. The van der Waals surface area contributed by atoms with E-state index in [1.807, 2.05) is 6.92 Å². The minimum absolute atomic E-state index is 0.0388. The minimum Gasteiger partial charge on any atom is -0.296 e. The molecule has 0 radical (unpaired) electrons. The van der Waals surface area contributed by atoms with Gasteiger partial charge in [-0.2, -0.15) is 5.26 Å². The molecule has 1 aliphatic rings. The van der Waals surface area contributed by atoms with Gasteiger partial charge in [-0.3, -0.25) is 9.80 Å². The molecule has 0 spiro atoms. The van der Waals surface area contributed by atoms with Crippen molar-refractivity contribution < 1.29 is 8.78 Å². The lowest BCUT2D eigenvalue weighted by molar-refractivity contribution is 0.107. The Kier molecular flexibility index (Phi) is 5.05. The highest BCUT2D eigenvalue weighted by Crippen LogP contribution is 2.16. The number of hydrogen-bond acceptors (Lipinski definition) is 3. The molecule has 0 bridgehead atoms. The molecule has 20 heavy (non-hydrogen) atoms. The highest BCUT2D eigenvalue weighted by Gasteiger charge is 2.23. The van der Waals surface area contributed by atoms with E-state index in [4.69, 9.17) is 5.26 Å². The van der Waals surface area contributed by atoms with Crippen LogP contribution in [0, 0.1) is 23.0 Å². The third-order valence-electron chi connectivity index (χ3n) is 3.81. The summed E-state index contributed by atoms with van der Waals surface area (Å²) in [6.45, 7) is 5.55. The number of benzene rings is 1. The monoisotopic (exact) mass is 279 g/mol. The van der Waals surface area contributed by atoms with E-state index in [0.29, 0.717) is 12.1 Å². The largest absolute Gasteiger partial charge is 0.296 e. The summed E-state index contributed by atoms with van der Waals surface area (Å²) in [5.41, 5.74) is 0.394. The van der Waals surface area contributed by atoms with Crippen LogP contribution in [0.15, 0.2) is 18.2 Å². The number of piperazine rings is 1. The SMILES string of the molecule is CCC(C#N)N1CCN(Cc2cccc(F)c2F)CC1. The Morgan fingerprint density at radius 2 is 1.95 bits per heavy atom. The first-order valence-electron chi connectivity index (χ1n) is 6.94. The molecule has 1 unspecified atom stereocenters. The number of halogens is 2. The van der Waals surface area contributed by atoms with E-state index >= 15 is 0 Å². The predicted molar refractivity (Wildman–Crippen MR) is 72.9 cm³/mol. The summed E-state index contributed by atoms with van der Waals surface area (Å²) in [6, 6.07) is 6.55. The topological polar surface area (TPSA) is 30.3 Å². The Morgan fingerprint density at radius 1 is 1.25 bits per heavy atom. The van der Waals surface area contributed by atoms with Gasteiger partial charge in [-0.1, -0.05) is 19.1 Å². The lowest BCUT2D eigenvalue weighted by atomic mass is 10.1. The zero-order valence-corrected chi connectivity index (χ0v) is 11.6. The van der Waals surface area contributed by atoms with Gasteiger partial charge in [-0.05, 0) is 12.5 Å².